The number of hydrogen-bond acceptors (Lipinski definition) is 3. The molecule has 1 unspecified atom stereocenters. The van der Waals surface area contributed by atoms with Gasteiger partial charge < -0.3 is 5.32 Å². The number of halogens is 1. The zero-order valence-corrected chi connectivity index (χ0v) is 11.5. The molecule has 108 valence electrons. The Morgan fingerprint density at radius 1 is 1.35 bits per heavy atom. The van der Waals surface area contributed by atoms with Crippen molar-refractivity contribution >= 4 is 21.6 Å². The normalized spacial score (nSPS) is 18.8. The molecule has 1 aliphatic carbocycles. The van der Waals surface area contributed by atoms with Crippen LogP contribution in [0.15, 0.2) is 35.2 Å². The van der Waals surface area contributed by atoms with E-state index in [1.807, 2.05) is 12.2 Å². The largest absolute Gasteiger partial charge is 0.323 e. The molecule has 0 fully saturated rings. The molecule has 0 aliphatic heterocycles. The Morgan fingerprint density at radius 3 is 2.65 bits per heavy atom. The van der Waals surface area contributed by atoms with Crippen molar-refractivity contribution in [1.82, 2.24) is 0 Å². The van der Waals surface area contributed by atoms with E-state index in [0.717, 1.165) is 25.0 Å². The molecule has 1 aliphatic rings. The minimum Gasteiger partial charge on any atom is -0.323 e. The van der Waals surface area contributed by atoms with Crippen LogP contribution in [0.25, 0.3) is 0 Å². The van der Waals surface area contributed by atoms with E-state index in [9.17, 15) is 17.6 Å². The number of sulfonamides is 1. The molecule has 20 heavy (non-hydrogen) atoms. The number of allylic oxidation sites excluding steroid dienone is 2. The fourth-order valence-corrected chi connectivity index (χ4v) is 2.57. The summed E-state index contributed by atoms with van der Waals surface area (Å²) in [5.74, 6) is -1.27. The number of amides is 1. The smallest absolute Gasteiger partial charge is 0.238 e. The third-order valence-electron chi connectivity index (χ3n) is 3.17. The summed E-state index contributed by atoms with van der Waals surface area (Å²) in [5, 5.41) is 7.38. The highest BCUT2D eigenvalue weighted by Crippen LogP contribution is 2.22. The summed E-state index contributed by atoms with van der Waals surface area (Å²) in [5.41, 5.74) is -0.0445. The van der Waals surface area contributed by atoms with Crippen LogP contribution in [-0.2, 0) is 14.8 Å². The molecular formula is C13H15FN2O3S. The van der Waals surface area contributed by atoms with Crippen LogP contribution in [0.2, 0.25) is 0 Å². The van der Waals surface area contributed by atoms with E-state index in [0.29, 0.717) is 6.42 Å². The number of anilines is 1. The zero-order chi connectivity index (χ0) is 14.8. The summed E-state index contributed by atoms with van der Waals surface area (Å²) < 4.78 is 35.9. The molecule has 1 amide bonds. The van der Waals surface area contributed by atoms with Gasteiger partial charge >= 0.3 is 0 Å². The van der Waals surface area contributed by atoms with Gasteiger partial charge in [0.2, 0.25) is 15.9 Å². The molecule has 5 nitrogen and oxygen atoms in total. The van der Waals surface area contributed by atoms with E-state index in [-0.39, 0.29) is 22.4 Å². The van der Waals surface area contributed by atoms with Crippen LogP contribution in [0.4, 0.5) is 10.1 Å². The highest BCUT2D eigenvalue weighted by Gasteiger charge is 2.20. The van der Waals surface area contributed by atoms with Gasteiger partial charge in [0.05, 0.1) is 10.6 Å². The Hall–Kier alpha value is -1.73. The highest BCUT2D eigenvalue weighted by molar-refractivity contribution is 7.89. The number of benzene rings is 1. The average molecular weight is 298 g/mol. The third-order valence-corrected chi connectivity index (χ3v) is 4.08. The molecule has 3 N–H and O–H groups in total. The summed E-state index contributed by atoms with van der Waals surface area (Å²) in [4.78, 5) is 11.6. The van der Waals surface area contributed by atoms with Crippen LogP contribution in [0.1, 0.15) is 19.3 Å². The van der Waals surface area contributed by atoms with E-state index in [1.54, 1.807) is 0 Å². The lowest BCUT2D eigenvalue weighted by atomic mass is 9.93. The molecule has 0 saturated carbocycles. The predicted octanol–water partition coefficient (Wildman–Crippen LogP) is 1.77. The minimum absolute atomic E-state index is 0.0445. The second kappa shape index (κ2) is 5.72. The van der Waals surface area contributed by atoms with Crippen LogP contribution in [0.3, 0.4) is 0 Å². The van der Waals surface area contributed by atoms with Gasteiger partial charge in [-0.15, -0.1) is 0 Å². The van der Waals surface area contributed by atoms with Gasteiger partial charge in [-0.05, 0) is 37.5 Å². The molecule has 1 atom stereocenters. The first-order valence-corrected chi connectivity index (χ1v) is 7.71. The van der Waals surface area contributed by atoms with Crippen molar-refractivity contribution in [2.75, 3.05) is 5.32 Å². The summed E-state index contributed by atoms with van der Waals surface area (Å²) in [6.45, 7) is 0. The molecule has 0 heterocycles. The number of nitrogens with two attached hydrogens (primary N) is 1. The predicted molar refractivity (Wildman–Crippen MR) is 72.9 cm³/mol. The molecule has 0 bridgehead atoms. The first kappa shape index (κ1) is 14.7. The first-order valence-electron chi connectivity index (χ1n) is 6.16. The fraction of sp³-hybridized carbons (Fsp3) is 0.308. The standard InChI is InChI=1S/C13H15FN2O3S/c14-11-8-10(20(15,18)19)6-7-12(11)16-13(17)9-4-2-1-3-5-9/h1-2,6-9H,3-5H2,(H,16,17)(H2,15,18,19). The number of carbonyl (C=O) groups excluding carboxylic acids is 1. The second-order valence-corrected chi connectivity index (χ2v) is 6.22. The summed E-state index contributed by atoms with van der Waals surface area (Å²) in [7, 11) is -3.95. The number of nitrogens with one attached hydrogen (secondary N) is 1. The Morgan fingerprint density at radius 2 is 2.10 bits per heavy atom. The number of primary sulfonamides is 1. The molecule has 0 saturated heterocycles. The minimum atomic E-state index is -3.95. The second-order valence-electron chi connectivity index (χ2n) is 4.66. The van der Waals surface area contributed by atoms with Crippen molar-refractivity contribution < 1.29 is 17.6 Å². The molecule has 2 rings (SSSR count). The lowest BCUT2D eigenvalue weighted by molar-refractivity contribution is -0.120. The van der Waals surface area contributed by atoms with Crippen molar-refractivity contribution in [1.29, 1.82) is 0 Å². The Labute approximate surface area is 116 Å². The quantitative estimate of drug-likeness (QED) is 0.833. The maximum absolute atomic E-state index is 13.8. The average Bonchev–Trinajstić information content (AvgIpc) is 2.41. The molecule has 0 radical (unpaired) electrons. The van der Waals surface area contributed by atoms with Gasteiger partial charge in [-0.3, -0.25) is 4.79 Å². The lowest BCUT2D eigenvalue weighted by Crippen LogP contribution is -2.24. The highest BCUT2D eigenvalue weighted by atomic mass is 32.2. The maximum Gasteiger partial charge on any atom is 0.238 e. The summed E-state index contributed by atoms with van der Waals surface area (Å²) in [6.07, 6.45) is 6.10. The molecule has 0 aromatic heterocycles. The van der Waals surface area contributed by atoms with Crippen LogP contribution in [0.5, 0.6) is 0 Å². The fourth-order valence-electron chi connectivity index (χ4n) is 2.04. The molecule has 7 heteroatoms. The maximum atomic E-state index is 13.8. The van der Waals surface area contributed by atoms with Crippen LogP contribution < -0.4 is 10.5 Å². The Kier molecular flexibility index (Phi) is 4.20. The van der Waals surface area contributed by atoms with Gasteiger partial charge in [0, 0.05) is 5.92 Å². The number of carbonyl (C=O) groups is 1. The Bertz CT molecular complexity index is 656. The van der Waals surface area contributed by atoms with E-state index in [4.69, 9.17) is 5.14 Å². The summed E-state index contributed by atoms with van der Waals surface area (Å²) in [6, 6.07) is 3.16. The van der Waals surface area contributed by atoms with Gasteiger partial charge in [0.1, 0.15) is 5.82 Å². The monoisotopic (exact) mass is 298 g/mol. The van der Waals surface area contributed by atoms with Crippen molar-refractivity contribution in [3.8, 4) is 0 Å². The summed E-state index contributed by atoms with van der Waals surface area (Å²) >= 11 is 0. The van der Waals surface area contributed by atoms with Crippen LogP contribution >= 0.6 is 0 Å². The number of hydrogen-bond donors (Lipinski definition) is 2. The lowest BCUT2D eigenvalue weighted by Gasteiger charge is -2.17. The van der Waals surface area contributed by atoms with E-state index in [1.165, 1.54) is 6.07 Å². The Balaban J connectivity index is 2.14. The van der Waals surface area contributed by atoms with Gasteiger partial charge in [-0.2, -0.15) is 0 Å². The van der Waals surface area contributed by atoms with Gasteiger partial charge in [-0.1, -0.05) is 12.2 Å². The van der Waals surface area contributed by atoms with Gasteiger partial charge in [0.15, 0.2) is 0 Å². The van der Waals surface area contributed by atoms with Crippen molar-refractivity contribution in [3.63, 3.8) is 0 Å². The van der Waals surface area contributed by atoms with Gasteiger partial charge in [0.25, 0.3) is 0 Å². The van der Waals surface area contributed by atoms with E-state index >= 15 is 0 Å². The topological polar surface area (TPSA) is 89.3 Å². The zero-order valence-electron chi connectivity index (χ0n) is 10.7. The third kappa shape index (κ3) is 3.43. The number of rotatable bonds is 3. The molecule has 1 aromatic rings. The van der Waals surface area contributed by atoms with E-state index < -0.39 is 15.8 Å². The van der Waals surface area contributed by atoms with Crippen molar-refractivity contribution in [3.05, 3.63) is 36.2 Å². The van der Waals surface area contributed by atoms with Crippen LogP contribution in [0, 0.1) is 11.7 Å². The van der Waals surface area contributed by atoms with Crippen molar-refractivity contribution in [2.24, 2.45) is 11.1 Å². The van der Waals surface area contributed by atoms with Gasteiger partial charge in [-0.25, -0.2) is 17.9 Å². The van der Waals surface area contributed by atoms with Crippen molar-refractivity contribution in [2.45, 2.75) is 24.2 Å². The SMILES string of the molecule is NS(=O)(=O)c1ccc(NC(=O)C2CC=CCC2)c(F)c1. The first-order chi connectivity index (χ1) is 9.38. The molecule has 1 aromatic carbocycles. The van der Waals surface area contributed by atoms with E-state index in [2.05, 4.69) is 5.32 Å². The molecule has 0 spiro atoms. The molecular weight excluding hydrogens is 283 g/mol. The van der Waals surface area contributed by atoms with Crippen LogP contribution in [-0.4, -0.2) is 14.3 Å².